The summed E-state index contributed by atoms with van der Waals surface area (Å²) in [6.07, 6.45) is 1.98. The molecule has 7 nitrogen and oxygen atoms in total. The van der Waals surface area contributed by atoms with E-state index < -0.39 is 23.8 Å². The number of nitrogens with one attached hydrogen (secondary N) is 2. The highest BCUT2D eigenvalue weighted by Gasteiger charge is 2.47. The Kier molecular flexibility index (Phi) is 9.15. The number of hydrogen-bond acceptors (Lipinski definition) is 4. The fourth-order valence-corrected chi connectivity index (χ4v) is 4.37. The van der Waals surface area contributed by atoms with Gasteiger partial charge in [0.2, 0.25) is 11.8 Å². The lowest BCUT2D eigenvalue weighted by Gasteiger charge is -2.35. The molecule has 1 aromatic rings. The van der Waals surface area contributed by atoms with E-state index in [0.29, 0.717) is 0 Å². The van der Waals surface area contributed by atoms with Crippen LogP contribution in [-0.2, 0) is 14.3 Å². The van der Waals surface area contributed by atoms with Gasteiger partial charge in [0.25, 0.3) is 0 Å². The molecule has 0 bridgehead atoms. The van der Waals surface area contributed by atoms with Gasteiger partial charge in [-0.05, 0) is 72.8 Å². The van der Waals surface area contributed by atoms with Crippen molar-refractivity contribution in [1.29, 1.82) is 0 Å². The standard InChI is InChI=1S/C27H43N3O4/c1-10-11-19(5)28-24(31)23(21-13-16(2)12-17(3)14-21)30(22-15-18(22)4)25(32)20(6)29-26(33)34-27(7,8)9/h12-14,18-20,22-23H,10-11,15H2,1-9H3,(H,28,31)(H,29,33). The minimum absolute atomic E-state index is 0.00297. The maximum absolute atomic E-state index is 13.7. The van der Waals surface area contributed by atoms with Crippen LogP contribution >= 0.6 is 0 Å². The molecule has 5 atom stereocenters. The first kappa shape index (κ1) is 27.7. The molecule has 190 valence electrons. The van der Waals surface area contributed by atoms with Crippen LogP contribution in [0.15, 0.2) is 18.2 Å². The van der Waals surface area contributed by atoms with E-state index in [0.717, 1.165) is 36.0 Å². The Morgan fingerprint density at radius 1 is 1.09 bits per heavy atom. The van der Waals surface area contributed by atoms with E-state index in [1.807, 2.05) is 32.9 Å². The molecule has 0 saturated heterocycles. The molecule has 1 saturated carbocycles. The van der Waals surface area contributed by atoms with E-state index in [4.69, 9.17) is 4.74 Å². The molecule has 0 spiro atoms. The molecule has 1 fully saturated rings. The van der Waals surface area contributed by atoms with Crippen LogP contribution < -0.4 is 10.6 Å². The highest BCUT2D eigenvalue weighted by molar-refractivity contribution is 5.92. The van der Waals surface area contributed by atoms with Crippen molar-refractivity contribution in [3.63, 3.8) is 0 Å². The molecule has 1 aliphatic rings. The minimum atomic E-state index is -0.836. The molecule has 7 heteroatoms. The predicted molar refractivity (Wildman–Crippen MR) is 134 cm³/mol. The molecule has 3 amide bonds. The van der Waals surface area contributed by atoms with E-state index in [2.05, 4.69) is 30.5 Å². The highest BCUT2D eigenvalue weighted by atomic mass is 16.6. The third kappa shape index (κ3) is 7.74. The van der Waals surface area contributed by atoms with Crippen molar-refractivity contribution in [2.75, 3.05) is 0 Å². The van der Waals surface area contributed by atoms with Crippen LogP contribution in [0.2, 0.25) is 0 Å². The first-order chi connectivity index (χ1) is 15.7. The number of nitrogens with zero attached hydrogens (tertiary/aromatic N) is 1. The molecule has 0 radical (unpaired) electrons. The number of carbonyl (C=O) groups is 3. The van der Waals surface area contributed by atoms with Crippen molar-refractivity contribution < 1.29 is 19.1 Å². The number of aryl methyl sites for hydroxylation is 2. The van der Waals surface area contributed by atoms with Crippen LogP contribution in [0, 0.1) is 19.8 Å². The maximum atomic E-state index is 13.7. The van der Waals surface area contributed by atoms with E-state index in [-0.39, 0.29) is 29.8 Å². The molecule has 5 unspecified atom stereocenters. The zero-order chi connectivity index (χ0) is 25.8. The van der Waals surface area contributed by atoms with E-state index in [1.165, 1.54) is 0 Å². The molecular formula is C27H43N3O4. The summed E-state index contributed by atoms with van der Waals surface area (Å²) >= 11 is 0. The van der Waals surface area contributed by atoms with Crippen molar-refractivity contribution in [2.24, 2.45) is 5.92 Å². The molecule has 2 rings (SSSR count). The normalized spacial score (nSPS) is 20.0. The third-order valence-electron chi connectivity index (χ3n) is 5.98. The number of ether oxygens (including phenoxy) is 1. The Morgan fingerprint density at radius 3 is 2.12 bits per heavy atom. The Hall–Kier alpha value is -2.57. The highest BCUT2D eigenvalue weighted by Crippen LogP contribution is 2.41. The summed E-state index contributed by atoms with van der Waals surface area (Å²) in [5.41, 5.74) is 2.18. The molecule has 34 heavy (non-hydrogen) atoms. The van der Waals surface area contributed by atoms with Gasteiger partial charge in [-0.2, -0.15) is 0 Å². The average Bonchev–Trinajstić information content (AvgIpc) is 3.38. The minimum Gasteiger partial charge on any atom is -0.444 e. The van der Waals surface area contributed by atoms with Gasteiger partial charge in [0.1, 0.15) is 17.7 Å². The first-order valence-electron chi connectivity index (χ1n) is 12.4. The van der Waals surface area contributed by atoms with E-state index in [9.17, 15) is 14.4 Å². The Morgan fingerprint density at radius 2 is 1.65 bits per heavy atom. The second-order valence-electron chi connectivity index (χ2n) is 10.9. The molecule has 2 N–H and O–H groups in total. The smallest absolute Gasteiger partial charge is 0.408 e. The summed E-state index contributed by atoms with van der Waals surface area (Å²) in [4.78, 5) is 41.4. The summed E-state index contributed by atoms with van der Waals surface area (Å²) in [6.45, 7) is 17.1. The number of amides is 3. The summed E-state index contributed by atoms with van der Waals surface area (Å²) in [5.74, 6) is -0.197. The van der Waals surface area contributed by atoms with Crippen molar-refractivity contribution in [1.82, 2.24) is 15.5 Å². The molecular weight excluding hydrogens is 430 g/mol. The van der Waals surface area contributed by atoms with Gasteiger partial charge in [0.15, 0.2) is 0 Å². The number of hydrogen-bond donors (Lipinski definition) is 2. The van der Waals surface area contributed by atoms with Crippen LogP contribution in [0.4, 0.5) is 4.79 Å². The Balaban J connectivity index is 2.42. The molecule has 1 aliphatic carbocycles. The lowest BCUT2D eigenvalue weighted by Crippen LogP contribution is -2.53. The van der Waals surface area contributed by atoms with Gasteiger partial charge < -0.3 is 20.3 Å². The summed E-state index contributed by atoms with van der Waals surface area (Å²) in [7, 11) is 0. The van der Waals surface area contributed by atoms with Gasteiger partial charge in [0, 0.05) is 12.1 Å². The number of carbonyl (C=O) groups excluding carboxylic acids is 3. The predicted octanol–water partition coefficient (Wildman–Crippen LogP) is 4.80. The van der Waals surface area contributed by atoms with Gasteiger partial charge >= 0.3 is 6.09 Å². The van der Waals surface area contributed by atoms with Crippen LogP contribution in [0.3, 0.4) is 0 Å². The van der Waals surface area contributed by atoms with Crippen molar-refractivity contribution in [3.05, 3.63) is 34.9 Å². The lowest BCUT2D eigenvalue weighted by molar-refractivity contribution is -0.143. The third-order valence-corrected chi connectivity index (χ3v) is 5.98. The summed E-state index contributed by atoms with van der Waals surface area (Å²) in [6, 6.07) is 4.32. The van der Waals surface area contributed by atoms with Gasteiger partial charge in [-0.1, -0.05) is 49.6 Å². The van der Waals surface area contributed by atoms with Gasteiger partial charge in [-0.3, -0.25) is 9.59 Å². The number of benzene rings is 1. The molecule has 0 aromatic heterocycles. The molecule has 0 aliphatic heterocycles. The van der Waals surface area contributed by atoms with E-state index >= 15 is 0 Å². The summed E-state index contributed by atoms with van der Waals surface area (Å²) in [5, 5.41) is 5.78. The average molecular weight is 474 g/mol. The number of alkyl carbamates (subject to hydrolysis) is 1. The fourth-order valence-electron chi connectivity index (χ4n) is 4.37. The fraction of sp³-hybridized carbons (Fsp3) is 0.667. The van der Waals surface area contributed by atoms with Crippen LogP contribution in [0.1, 0.15) is 90.5 Å². The lowest BCUT2D eigenvalue weighted by atomic mass is 9.98. The molecule has 0 heterocycles. The van der Waals surface area contributed by atoms with Gasteiger partial charge in [0.05, 0.1) is 0 Å². The molecule has 1 aromatic carbocycles. The maximum Gasteiger partial charge on any atom is 0.408 e. The monoisotopic (exact) mass is 473 g/mol. The first-order valence-corrected chi connectivity index (χ1v) is 12.4. The van der Waals surface area contributed by atoms with Gasteiger partial charge in [-0.15, -0.1) is 0 Å². The van der Waals surface area contributed by atoms with Gasteiger partial charge in [-0.25, -0.2) is 4.79 Å². The Bertz CT molecular complexity index is 872. The van der Waals surface area contributed by atoms with Crippen molar-refractivity contribution >= 4 is 17.9 Å². The summed E-state index contributed by atoms with van der Waals surface area (Å²) < 4.78 is 5.34. The zero-order valence-corrected chi connectivity index (χ0v) is 22.3. The topological polar surface area (TPSA) is 87.7 Å². The van der Waals surface area contributed by atoms with Crippen molar-refractivity contribution in [3.8, 4) is 0 Å². The second kappa shape index (κ2) is 11.2. The van der Waals surface area contributed by atoms with Crippen LogP contribution in [0.5, 0.6) is 0 Å². The van der Waals surface area contributed by atoms with Crippen molar-refractivity contribution in [2.45, 2.75) is 111 Å². The zero-order valence-electron chi connectivity index (χ0n) is 22.3. The number of rotatable bonds is 9. The quantitative estimate of drug-likeness (QED) is 0.539. The van der Waals surface area contributed by atoms with Crippen LogP contribution in [-0.4, -0.2) is 46.5 Å². The second-order valence-corrected chi connectivity index (χ2v) is 10.9. The van der Waals surface area contributed by atoms with E-state index in [1.54, 1.807) is 32.6 Å². The largest absolute Gasteiger partial charge is 0.444 e. The van der Waals surface area contributed by atoms with Crippen LogP contribution in [0.25, 0.3) is 0 Å². The Labute approximate surface area is 205 Å². The SMILES string of the molecule is CCCC(C)NC(=O)C(c1cc(C)cc(C)c1)N(C(=O)C(C)NC(=O)OC(C)(C)C)C1CC1C.